The van der Waals surface area contributed by atoms with Gasteiger partial charge >= 0.3 is 0 Å². The number of hydrogen-bond donors (Lipinski definition) is 1. The monoisotopic (exact) mass is 295 g/mol. The molecule has 20 heavy (non-hydrogen) atoms. The molecule has 116 valence electrons. The van der Waals surface area contributed by atoms with Gasteiger partial charge < -0.3 is 5.32 Å². The Balaban J connectivity index is 2.43. The van der Waals surface area contributed by atoms with E-state index in [1.165, 1.54) is 24.1 Å². The SMILES string of the molecule is CC(C)NCCC(C)(C)CCc1ccc(C(C)(C)C)s1. The molecule has 0 saturated heterocycles. The van der Waals surface area contributed by atoms with Crippen LogP contribution in [0.4, 0.5) is 0 Å². The van der Waals surface area contributed by atoms with Gasteiger partial charge in [0.15, 0.2) is 0 Å². The molecule has 0 spiro atoms. The Morgan fingerprint density at radius 1 is 1.05 bits per heavy atom. The van der Waals surface area contributed by atoms with Crippen molar-refractivity contribution < 1.29 is 0 Å². The molecule has 1 nitrogen and oxygen atoms in total. The molecule has 0 radical (unpaired) electrons. The Labute approximate surface area is 130 Å². The molecule has 0 atom stereocenters. The van der Waals surface area contributed by atoms with Crippen LogP contribution in [0.15, 0.2) is 12.1 Å². The van der Waals surface area contributed by atoms with Crippen LogP contribution in [-0.2, 0) is 11.8 Å². The molecule has 0 aromatic carbocycles. The average molecular weight is 296 g/mol. The third-order valence-electron chi connectivity index (χ3n) is 3.80. The molecule has 0 bridgehead atoms. The van der Waals surface area contributed by atoms with E-state index in [0.29, 0.717) is 16.9 Å². The molecule has 1 heterocycles. The van der Waals surface area contributed by atoms with Gasteiger partial charge in [0.1, 0.15) is 0 Å². The van der Waals surface area contributed by atoms with Crippen molar-refractivity contribution in [2.75, 3.05) is 6.54 Å². The smallest absolute Gasteiger partial charge is 0.0102 e. The summed E-state index contributed by atoms with van der Waals surface area (Å²) in [6.07, 6.45) is 3.75. The first-order valence-electron chi connectivity index (χ1n) is 7.93. The molecule has 2 heteroatoms. The van der Waals surface area contributed by atoms with Gasteiger partial charge in [-0.2, -0.15) is 0 Å². The van der Waals surface area contributed by atoms with Crippen molar-refractivity contribution in [1.29, 1.82) is 0 Å². The minimum Gasteiger partial charge on any atom is -0.315 e. The minimum absolute atomic E-state index is 0.291. The fourth-order valence-electron chi connectivity index (χ4n) is 2.20. The summed E-state index contributed by atoms with van der Waals surface area (Å²) in [7, 11) is 0. The number of thiophene rings is 1. The van der Waals surface area contributed by atoms with Crippen molar-refractivity contribution in [2.45, 2.75) is 79.2 Å². The molecule has 0 saturated carbocycles. The zero-order valence-corrected chi connectivity index (χ0v) is 15.3. The predicted octanol–water partition coefficient (Wildman–Crippen LogP) is 5.39. The van der Waals surface area contributed by atoms with Crippen LogP contribution in [0.1, 0.15) is 71.1 Å². The molecular weight excluding hydrogens is 262 g/mol. The summed E-state index contributed by atoms with van der Waals surface area (Å²) in [4.78, 5) is 3.05. The van der Waals surface area contributed by atoms with Gasteiger partial charge in [0.25, 0.3) is 0 Å². The number of hydrogen-bond acceptors (Lipinski definition) is 2. The van der Waals surface area contributed by atoms with Gasteiger partial charge in [-0.15, -0.1) is 11.3 Å². The summed E-state index contributed by atoms with van der Waals surface area (Å²) in [5.74, 6) is 0. The molecule has 0 aliphatic heterocycles. The van der Waals surface area contributed by atoms with E-state index in [9.17, 15) is 0 Å². The van der Waals surface area contributed by atoms with E-state index >= 15 is 0 Å². The molecule has 0 unspecified atom stereocenters. The van der Waals surface area contributed by atoms with E-state index in [1.54, 1.807) is 4.88 Å². The molecule has 1 N–H and O–H groups in total. The van der Waals surface area contributed by atoms with Gasteiger partial charge in [-0.1, -0.05) is 48.5 Å². The van der Waals surface area contributed by atoms with Gasteiger partial charge in [0.05, 0.1) is 0 Å². The lowest BCUT2D eigenvalue weighted by Crippen LogP contribution is -2.27. The minimum atomic E-state index is 0.291. The Morgan fingerprint density at radius 2 is 1.70 bits per heavy atom. The van der Waals surface area contributed by atoms with E-state index in [2.05, 4.69) is 65.9 Å². The van der Waals surface area contributed by atoms with Crippen molar-refractivity contribution in [2.24, 2.45) is 5.41 Å². The van der Waals surface area contributed by atoms with E-state index in [4.69, 9.17) is 0 Å². The molecule has 0 aliphatic carbocycles. The maximum atomic E-state index is 3.53. The summed E-state index contributed by atoms with van der Waals surface area (Å²) in [6.45, 7) is 17.2. The van der Waals surface area contributed by atoms with Gasteiger partial charge in [-0.05, 0) is 48.8 Å². The first-order valence-corrected chi connectivity index (χ1v) is 8.74. The van der Waals surface area contributed by atoms with Crippen LogP contribution in [0, 0.1) is 5.41 Å². The lowest BCUT2D eigenvalue weighted by Gasteiger charge is -2.25. The summed E-state index contributed by atoms with van der Waals surface area (Å²) in [5.41, 5.74) is 0.716. The highest BCUT2D eigenvalue weighted by molar-refractivity contribution is 7.12. The van der Waals surface area contributed by atoms with Crippen LogP contribution in [0.3, 0.4) is 0 Å². The molecule has 1 aromatic heterocycles. The molecule has 0 fully saturated rings. The topological polar surface area (TPSA) is 12.0 Å². The normalized spacial score (nSPS) is 13.2. The number of nitrogens with one attached hydrogen (secondary N) is 1. The fourth-order valence-corrected chi connectivity index (χ4v) is 3.27. The van der Waals surface area contributed by atoms with Crippen LogP contribution in [0.5, 0.6) is 0 Å². The zero-order chi connectivity index (χ0) is 15.4. The van der Waals surface area contributed by atoms with Gasteiger partial charge in [-0.3, -0.25) is 0 Å². The second kappa shape index (κ2) is 7.09. The quantitative estimate of drug-likeness (QED) is 0.711. The van der Waals surface area contributed by atoms with Crippen molar-refractivity contribution in [1.82, 2.24) is 5.32 Å². The Bertz CT molecular complexity index is 396. The highest BCUT2D eigenvalue weighted by Crippen LogP contribution is 2.32. The second-order valence-corrected chi connectivity index (χ2v) is 9.21. The van der Waals surface area contributed by atoms with Crippen LogP contribution >= 0.6 is 11.3 Å². The van der Waals surface area contributed by atoms with Crippen molar-refractivity contribution >= 4 is 11.3 Å². The van der Waals surface area contributed by atoms with E-state index in [1.807, 2.05) is 11.3 Å². The number of rotatable bonds is 7. The molecule has 0 amide bonds. The highest BCUT2D eigenvalue weighted by Gasteiger charge is 2.19. The first-order chi connectivity index (χ1) is 9.10. The molecular formula is C18H33NS. The summed E-state index contributed by atoms with van der Waals surface area (Å²) >= 11 is 1.99. The van der Waals surface area contributed by atoms with E-state index < -0.39 is 0 Å². The maximum Gasteiger partial charge on any atom is 0.0102 e. The van der Waals surface area contributed by atoms with Crippen molar-refractivity contribution in [3.05, 3.63) is 21.9 Å². The van der Waals surface area contributed by atoms with Crippen LogP contribution in [-0.4, -0.2) is 12.6 Å². The summed E-state index contributed by atoms with van der Waals surface area (Å²) in [6, 6.07) is 5.23. The van der Waals surface area contributed by atoms with Gasteiger partial charge in [-0.25, -0.2) is 0 Å². The largest absolute Gasteiger partial charge is 0.315 e. The van der Waals surface area contributed by atoms with Crippen LogP contribution in [0.2, 0.25) is 0 Å². The van der Waals surface area contributed by atoms with Gasteiger partial charge in [0.2, 0.25) is 0 Å². The maximum absolute atomic E-state index is 3.53. The van der Waals surface area contributed by atoms with Crippen molar-refractivity contribution in [3.63, 3.8) is 0 Å². The fraction of sp³-hybridized carbons (Fsp3) is 0.778. The van der Waals surface area contributed by atoms with Gasteiger partial charge in [0, 0.05) is 15.8 Å². The molecule has 1 aromatic rings. The summed E-state index contributed by atoms with van der Waals surface area (Å²) in [5, 5.41) is 3.53. The lowest BCUT2D eigenvalue weighted by molar-refractivity contribution is 0.299. The zero-order valence-electron chi connectivity index (χ0n) is 14.5. The standard InChI is InChI=1S/C18H33NS/c1-14(2)19-13-12-18(6,7)11-10-15-8-9-16(20-15)17(3,4)5/h8-9,14,19H,10-13H2,1-7H3. The van der Waals surface area contributed by atoms with Crippen LogP contribution < -0.4 is 5.32 Å². The van der Waals surface area contributed by atoms with E-state index in [0.717, 1.165) is 6.54 Å². The second-order valence-electron chi connectivity index (χ2n) is 8.04. The number of aryl methyl sites for hydroxylation is 1. The molecule has 0 aliphatic rings. The average Bonchev–Trinajstić information content (AvgIpc) is 2.73. The lowest BCUT2D eigenvalue weighted by atomic mass is 9.84. The Morgan fingerprint density at radius 3 is 2.20 bits per heavy atom. The van der Waals surface area contributed by atoms with Crippen molar-refractivity contribution in [3.8, 4) is 0 Å². The highest BCUT2D eigenvalue weighted by atomic mass is 32.1. The third-order valence-corrected chi connectivity index (χ3v) is 5.37. The predicted molar refractivity (Wildman–Crippen MR) is 92.9 cm³/mol. The van der Waals surface area contributed by atoms with E-state index in [-0.39, 0.29) is 0 Å². The van der Waals surface area contributed by atoms with Crippen LogP contribution in [0.25, 0.3) is 0 Å². The first kappa shape index (κ1) is 17.7. The molecule has 1 rings (SSSR count). The summed E-state index contributed by atoms with van der Waals surface area (Å²) < 4.78 is 0. The Hall–Kier alpha value is -0.340. The Kier molecular flexibility index (Phi) is 6.27. The third kappa shape index (κ3) is 6.41.